The van der Waals surface area contributed by atoms with Crippen molar-refractivity contribution in [2.75, 3.05) is 23.7 Å². The van der Waals surface area contributed by atoms with Gasteiger partial charge in [-0.3, -0.25) is 14.3 Å². The molecule has 1 aliphatic rings. The van der Waals surface area contributed by atoms with Crippen LogP contribution in [-0.4, -0.2) is 50.6 Å². The van der Waals surface area contributed by atoms with Crippen LogP contribution in [0.4, 0.5) is 11.5 Å². The average Bonchev–Trinajstić information content (AvgIpc) is 3.33. The number of rotatable bonds is 7. The Hall–Kier alpha value is -4.98. The molecule has 212 valence electrons. The number of nitrogens with one attached hydrogen (secondary N) is 2. The van der Waals surface area contributed by atoms with E-state index >= 15 is 0 Å². The van der Waals surface area contributed by atoms with Crippen molar-refractivity contribution < 1.29 is 9.59 Å². The monoisotopic (exact) mass is 558 g/mol. The first-order valence-electron chi connectivity index (χ1n) is 14.2. The lowest BCUT2D eigenvalue weighted by atomic mass is 9.89. The Bertz CT molecular complexity index is 1770. The van der Waals surface area contributed by atoms with Gasteiger partial charge < -0.3 is 15.5 Å². The Balaban J connectivity index is 1.08. The topological polar surface area (TPSA) is 92.2 Å². The molecule has 2 amide bonds. The minimum absolute atomic E-state index is 0.0334. The minimum atomic E-state index is -0.265. The molecule has 0 unspecified atom stereocenters. The molecule has 3 aromatic carbocycles. The quantitative estimate of drug-likeness (QED) is 0.246. The SMILES string of the molecule is Cc1ccc(C(=O)N2CC(c3ccc(-c4ccc5c(cnn5C)c4)cc3)C2)cc1NC(=O)c1ccc(NC(C)C)nc1. The summed E-state index contributed by atoms with van der Waals surface area (Å²) >= 11 is 0. The summed E-state index contributed by atoms with van der Waals surface area (Å²) < 4.78 is 1.88. The molecule has 8 heteroatoms. The van der Waals surface area contributed by atoms with Gasteiger partial charge in [0, 0.05) is 54.9 Å². The summed E-state index contributed by atoms with van der Waals surface area (Å²) in [7, 11) is 1.95. The van der Waals surface area contributed by atoms with Gasteiger partial charge in [-0.25, -0.2) is 4.98 Å². The summed E-state index contributed by atoms with van der Waals surface area (Å²) in [6.45, 7) is 7.30. The molecule has 0 saturated carbocycles. The number of nitrogens with zero attached hydrogens (tertiary/aromatic N) is 4. The molecule has 0 radical (unpaired) electrons. The van der Waals surface area contributed by atoms with Gasteiger partial charge in [-0.2, -0.15) is 5.10 Å². The molecule has 1 fully saturated rings. The second-order valence-electron chi connectivity index (χ2n) is 11.3. The van der Waals surface area contributed by atoms with Gasteiger partial charge in [0.05, 0.1) is 17.3 Å². The minimum Gasteiger partial charge on any atom is -0.368 e. The summed E-state index contributed by atoms with van der Waals surface area (Å²) in [5.74, 6) is 0.721. The van der Waals surface area contributed by atoms with Crippen molar-refractivity contribution >= 4 is 34.2 Å². The van der Waals surface area contributed by atoms with Crippen LogP contribution in [0.1, 0.15) is 51.6 Å². The van der Waals surface area contributed by atoms with Crippen molar-refractivity contribution in [3.63, 3.8) is 0 Å². The van der Waals surface area contributed by atoms with Gasteiger partial charge in [-0.15, -0.1) is 0 Å². The number of hydrogen-bond donors (Lipinski definition) is 2. The van der Waals surface area contributed by atoms with Gasteiger partial charge in [-0.05, 0) is 79.4 Å². The molecule has 6 rings (SSSR count). The second-order valence-corrected chi connectivity index (χ2v) is 11.3. The summed E-state index contributed by atoms with van der Waals surface area (Å²) in [4.78, 5) is 32.3. The Kier molecular flexibility index (Phi) is 7.20. The zero-order chi connectivity index (χ0) is 29.4. The summed E-state index contributed by atoms with van der Waals surface area (Å²) in [6, 6.07) is 24.2. The maximum atomic E-state index is 13.3. The highest BCUT2D eigenvalue weighted by Crippen LogP contribution is 2.31. The number of carbonyl (C=O) groups is 2. The Morgan fingerprint density at radius 2 is 1.62 bits per heavy atom. The van der Waals surface area contributed by atoms with E-state index in [4.69, 9.17) is 0 Å². The second kappa shape index (κ2) is 11.1. The molecule has 0 bridgehead atoms. The molecule has 0 spiro atoms. The van der Waals surface area contributed by atoms with Gasteiger partial charge in [0.15, 0.2) is 0 Å². The number of aryl methyl sites for hydroxylation is 2. The van der Waals surface area contributed by atoms with E-state index in [1.807, 2.05) is 55.7 Å². The Morgan fingerprint density at radius 1 is 0.881 bits per heavy atom. The van der Waals surface area contributed by atoms with Crippen molar-refractivity contribution in [2.45, 2.75) is 32.7 Å². The standard InChI is InChI=1S/C34H34N6O2/c1-21(2)37-32-14-12-27(17-35-32)33(41)38-30-16-26(6-5-22(30)3)34(42)40-19-29(20-40)24-9-7-23(8-10-24)25-11-13-31-28(15-25)18-36-39(31)4/h5-18,21,29H,19-20H2,1-4H3,(H,35,37)(H,38,41). The number of hydrogen-bond acceptors (Lipinski definition) is 5. The third kappa shape index (κ3) is 5.48. The molecule has 1 saturated heterocycles. The van der Waals surface area contributed by atoms with Crippen molar-refractivity contribution in [3.05, 3.63) is 107 Å². The van der Waals surface area contributed by atoms with Crippen molar-refractivity contribution in [3.8, 4) is 11.1 Å². The van der Waals surface area contributed by atoms with Crippen LogP contribution in [-0.2, 0) is 7.05 Å². The molecule has 2 aromatic heterocycles. The largest absolute Gasteiger partial charge is 0.368 e. The van der Waals surface area contributed by atoms with E-state index in [1.54, 1.807) is 24.4 Å². The van der Waals surface area contributed by atoms with E-state index in [2.05, 4.69) is 63.2 Å². The van der Waals surface area contributed by atoms with Crippen LogP contribution in [0.2, 0.25) is 0 Å². The number of aromatic nitrogens is 3. The Morgan fingerprint density at radius 3 is 2.33 bits per heavy atom. The molecule has 0 atom stereocenters. The third-order valence-electron chi connectivity index (χ3n) is 7.83. The molecule has 2 N–H and O–H groups in total. The Labute approximate surface area is 245 Å². The number of likely N-dealkylation sites (tertiary alicyclic amines) is 1. The van der Waals surface area contributed by atoms with Crippen molar-refractivity contribution in [1.82, 2.24) is 19.7 Å². The summed E-state index contributed by atoms with van der Waals surface area (Å²) in [5, 5.41) is 11.6. The first kappa shape index (κ1) is 27.2. The predicted octanol–water partition coefficient (Wildman–Crippen LogP) is 6.26. The van der Waals surface area contributed by atoms with Crippen LogP contribution in [0.25, 0.3) is 22.0 Å². The van der Waals surface area contributed by atoms with E-state index in [9.17, 15) is 9.59 Å². The fourth-order valence-corrected chi connectivity index (χ4v) is 5.32. The molecule has 1 aliphatic heterocycles. The molecular weight excluding hydrogens is 524 g/mol. The lowest BCUT2D eigenvalue weighted by Gasteiger charge is -2.39. The van der Waals surface area contributed by atoms with Crippen LogP contribution >= 0.6 is 0 Å². The first-order chi connectivity index (χ1) is 20.2. The van der Waals surface area contributed by atoms with E-state index in [-0.39, 0.29) is 17.9 Å². The van der Waals surface area contributed by atoms with Gasteiger partial charge in [0.2, 0.25) is 0 Å². The van der Waals surface area contributed by atoms with Crippen molar-refractivity contribution in [1.29, 1.82) is 0 Å². The number of pyridine rings is 1. The van der Waals surface area contributed by atoms with Crippen molar-refractivity contribution in [2.24, 2.45) is 7.05 Å². The van der Waals surface area contributed by atoms with Crippen LogP contribution in [0, 0.1) is 6.92 Å². The maximum Gasteiger partial charge on any atom is 0.257 e. The number of benzene rings is 3. The van der Waals surface area contributed by atoms with Gasteiger partial charge >= 0.3 is 0 Å². The molecule has 0 aliphatic carbocycles. The molecular formula is C34H34N6O2. The number of fused-ring (bicyclic) bond motifs is 1. The first-order valence-corrected chi connectivity index (χ1v) is 14.2. The van der Waals surface area contributed by atoms with Crippen LogP contribution in [0.5, 0.6) is 0 Å². The molecule has 42 heavy (non-hydrogen) atoms. The van der Waals surface area contributed by atoms with Gasteiger partial charge in [0.1, 0.15) is 5.82 Å². The smallest absolute Gasteiger partial charge is 0.257 e. The molecule has 3 heterocycles. The van der Waals surface area contributed by atoms with E-state index in [0.717, 1.165) is 33.4 Å². The van der Waals surface area contributed by atoms with Crippen LogP contribution < -0.4 is 10.6 Å². The van der Waals surface area contributed by atoms with Crippen LogP contribution in [0.15, 0.2) is 85.2 Å². The lowest BCUT2D eigenvalue weighted by Crippen LogP contribution is -2.48. The maximum absolute atomic E-state index is 13.3. The van der Waals surface area contributed by atoms with E-state index in [0.29, 0.717) is 35.8 Å². The zero-order valence-electron chi connectivity index (χ0n) is 24.3. The van der Waals surface area contributed by atoms with Crippen LogP contribution in [0.3, 0.4) is 0 Å². The zero-order valence-corrected chi connectivity index (χ0v) is 24.3. The lowest BCUT2D eigenvalue weighted by molar-refractivity contribution is 0.0602. The van der Waals surface area contributed by atoms with E-state index in [1.165, 1.54) is 5.56 Å². The fraction of sp³-hybridized carbons (Fsp3) is 0.235. The normalized spacial score (nSPS) is 13.3. The average molecular weight is 559 g/mol. The number of amides is 2. The highest BCUT2D eigenvalue weighted by atomic mass is 16.2. The molecule has 8 nitrogen and oxygen atoms in total. The highest BCUT2D eigenvalue weighted by molar-refractivity contribution is 6.05. The highest BCUT2D eigenvalue weighted by Gasteiger charge is 2.32. The van der Waals surface area contributed by atoms with Gasteiger partial charge in [0.25, 0.3) is 11.8 Å². The summed E-state index contributed by atoms with van der Waals surface area (Å²) in [5.41, 5.74) is 7.17. The summed E-state index contributed by atoms with van der Waals surface area (Å²) in [6.07, 6.45) is 3.44. The number of anilines is 2. The number of carbonyl (C=O) groups excluding carboxylic acids is 2. The van der Waals surface area contributed by atoms with E-state index < -0.39 is 0 Å². The molecule has 5 aromatic rings. The predicted molar refractivity (Wildman–Crippen MR) is 167 cm³/mol. The fourth-order valence-electron chi connectivity index (χ4n) is 5.32. The third-order valence-corrected chi connectivity index (χ3v) is 7.83. The van der Waals surface area contributed by atoms with Gasteiger partial charge in [-0.1, -0.05) is 36.4 Å².